The van der Waals surface area contributed by atoms with Crippen LogP contribution in [0.3, 0.4) is 0 Å². The minimum Gasteiger partial charge on any atom is -0.394 e. The molecule has 19 heteroatoms. The summed E-state index contributed by atoms with van der Waals surface area (Å²) in [5.74, 6) is -0.256. The molecular weight excluding hydrogens is 1080 g/mol. The van der Waals surface area contributed by atoms with Crippen molar-refractivity contribution in [3.05, 3.63) is 72.9 Å². The highest BCUT2D eigenvalue weighted by Gasteiger charge is 2.53. The highest BCUT2D eigenvalue weighted by molar-refractivity contribution is 5.76. The SMILES string of the molecule is CC/C=C\C/C=C\C/C=C\C/C=C\C/C=C\C/C=C\CCCCCCCCCCC(=O)NC(COC1OC(CO)C(OC2OC(CO)C(OC3OC(CO)C(O)C(O)C3O)C(O)C2O)C(O)C1O)C(O)CCCCCCCCCCCCCC. The van der Waals surface area contributed by atoms with Crippen LogP contribution in [0.1, 0.15) is 200 Å². The van der Waals surface area contributed by atoms with Crippen molar-refractivity contribution in [1.82, 2.24) is 5.32 Å². The zero-order chi connectivity index (χ0) is 61.2. The van der Waals surface area contributed by atoms with Gasteiger partial charge in [-0.25, -0.2) is 0 Å². The van der Waals surface area contributed by atoms with E-state index in [-0.39, 0.29) is 18.9 Å². The summed E-state index contributed by atoms with van der Waals surface area (Å²) in [6.45, 7) is 1.65. The Hall–Kier alpha value is -2.77. The van der Waals surface area contributed by atoms with Crippen molar-refractivity contribution in [1.29, 1.82) is 0 Å². The second-order valence-corrected chi connectivity index (χ2v) is 22.8. The van der Waals surface area contributed by atoms with Gasteiger partial charge in [-0.3, -0.25) is 4.79 Å². The van der Waals surface area contributed by atoms with E-state index < -0.39 is 124 Å². The number of hydrogen-bond donors (Lipinski definition) is 12. The lowest BCUT2D eigenvalue weighted by atomic mass is 9.96. The van der Waals surface area contributed by atoms with Crippen LogP contribution in [0.5, 0.6) is 0 Å². The molecule has 0 spiro atoms. The molecule has 0 radical (unpaired) electrons. The summed E-state index contributed by atoms with van der Waals surface area (Å²) < 4.78 is 34.3. The Morgan fingerprint density at radius 3 is 1.29 bits per heavy atom. The Labute approximate surface area is 502 Å². The number of nitrogens with one attached hydrogen (secondary N) is 1. The van der Waals surface area contributed by atoms with Crippen LogP contribution in [-0.2, 0) is 33.2 Å². The van der Waals surface area contributed by atoms with Gasteiger partial charge in [0.25, 0.3) is 0 Å². The molecule has 3 saturated heterocycles. The summed E-state index contributed by atoms with van der Waals surface area (Å²) >= 11 is 0. The number of allylic oxidation sites excluding steroid dienone is 12. The predicted octanol–water partition coefficient (Wildman–Crippen LogP) is 6.99. The molecule has 0 bridgehead atoms. The Morgan fingerprint density at radius 1 is 0.440 bits per heavy atom. The molecule has 3 aliphatic rings. The van der Waals surface area contributed by atoms with Crippen LogP contribution in [0, 0.1) is 0 Å². The molecular formula is C65H113NO18. The Morgan fingerprint density at radius 2 is 0.821 bits per heavy atom. The molecule has 0 saturated carbocycles. The maximum Gasteiger partial charge on any atom is 0.220 e. The maximum atomic E-state index is 13.4. The van der Waals surface area contributed by atoms with Gasteiger partial charge in [-0.2, -0.15) is 0 Å². The normalized spacial score (nSPS) is 29.7. The zero-order valence-corrected chi connectivity index (χ0v) is 50.9. The standard InChI is InChI=1S/C65H113NO18/c1-3-5-7-9-11-13-15-17-18-19-20-21-22-23-24-25-26-27-28-29-30-31-33-35-37-39-41-43-53(71)66-48(49(70)42-40-38-36-34-32-16-14-12-10-8-6-4-2)47-79-63-59(77)56(74)61(51(45-68)81-63)84-65-60(78)57(75)62(52(46-69)82-65)83-64-58(76)55(73)54(72)50(44-67)80-64/h5,7,11,13,17-18,20-21,23-24,26-27,48-52,54-65,67-70,72-78H,3-4,6,8-10,12,14-16,19,22,25,28-47H2,1-2H3,(H,66,71)/b7-5-,13-11-,18-17-,21-20-,24-23-,27-26-. The Balaban J connectivity index is 1.43. The first-order valence-corrected chi connectivity index (χ1v) is 32.2. The Kier molecular flexibility index (Phi) is 42.5. The lowest BCUT2D eigenvalue weighted by Gasteiger charge is -2.48. The minimum atomic E-state index is -1.98. The smallest absolute Gasteiger partial charge is 0.220 e. The van der Waals surface area contributed by atoms with E-state index in [9.17, 15) is 61.0 Å². The molecule has 3 heterocycles. The largest absolute Gasteiger partial charge is 0.394 e. The quantitative estimate of drug-likeness (QED) is 0.0216. The predicted molar refractivity (Wildman–Crippen MR) is 323 cm³/mol. The summed E-state index contributed by atoms with van der Waals surface area (Å²) in [5.41, 5.74) is 0. The van der Waals surface area contributed by atoms with Crippen molar-refractivity contribution in [2.75, 3.05) is 26.4 Å². The minimum absolute atomic E-state index is 0.252. The molecule has 0 aromatic heterocycles. The summed E-state index contributed by atoms with van der Waals surface area (Å²) in [6.07, 6.45) is 29.8. The van der Waals surface area contributed by atoms with E-state index in [4.69, 9.17) is 28.4 Å². The van der Waals surface area contributed by atoms with E-state index >= 15 is 0 Å². The third-order valence-corrected chi connectivity index (χ3v) is 15.8. The van der Waals surface area contributed by atoms with Gasteiger partial charge in [0.2, 0.25) is 5.91 Å². The molecule has 17 atom stereocenters. The number of aliphatic hydroxyl groups excluding tert-OH is 11. The fourth-order valence-electron chi connectivity index (χ4n) is 10.6. The average Bonchev–Trinajstić information content (AvgIpc) is 2.98. The van der Waals surface area contributed by atoms with Crippen molar-refractivity contribution in [2.45, 2.75) is 304 Å². The number of ether oxygens (including phenoxy) is 6. The number of carbonyl (C=O) groups excluding carboxylic acids is 1. The van der Waals surface area contributed by atoms with Crippen molar-refractivity contribution in [3.8, 4) is 0 Å². The zero-order valence-electron chi connectivity index (χ0n) is 50.9. The first-order chi connectivity index (χ1) is 40.8. The topological polar surface area (TPSA) is 307 Å². The van der Waals surface area contributed by atoms with E-state index in [1.165, 1.54) is 70.6 Å². The summed E-state index contributed by atoms with van der Waals surface area (Å²) in [7, 11) is 0. The van der Waals surface area contributed by atoms with Gasteiger partial charge in [0, 0.05) is 6.42 Å². The summed E-state index contributed by atoms with van der Waals surface area (Å²) in [4.78, 5) is 13.4. The maximum absolute atomic E-state index is 13.4. The van der Waals surface area contributed by atoms with Crippen LogP contribution in [0.4, 0.5) is 0 Å². The Bertz CT molecular complexity index is 1810. The second kappa shape index (κ2) is 47.3. The number of carbonyl (C=O) groups is 1. The van der Waals surface area contributed by atoms with Gasteiger partial charge in [-0.1, -0.05) is 202 Å². The number of amides is 1. The van der Waals surface area contributed by atoms with E-state index in [1.54, 1.807) is 0 Å². The highest BCUT2D eigenvalue weighted by atomic mass is 16.8. The number of rotatable bonds is 47. The molecule has 3 rings (SSSR count). The first kappa shape index (κ1) is 75.5. The van der Waals surface area contributed by atoms with E-state index in [1.807, 2.05) is 0 Å². The van der Waals surface area contributed by atoms with Crippen LogP contribution < -0.4 is 5.32 Å². The lowest BCUT2D eigenvalue weighted by Crippen LogP contribution is -2.66. The monoisotopic (exact) mass is 1200 g/mol. The molecule has 0 aromatic rings. The molecule has 3 fully saturated rings. The van der Waals surface area contributed by atoms with Gasteiger partial charge >= 0.3 is 0 Å². The average molecular weight is 1200 g/mol. The molecule has 0 aromatic carbocycles. The van der Waals surface area contributed by atoms with Gasteiger partial charge in [0.1, 0.15) is 73.2 Å². The molecule has 486 valence electrons. The second-order valence-electron chi connectivity index (χ2n) is 22.8. The van der Waals surface area contributed by atoms with Crippen molar-refractivity contribution >= 4 is 5.91 Å². The van der Waals surface area contributed by atoms with Crippen LogP contribution in [0.2, 0.25) is 0 Å². The van der Waals surface area contributed by atoms with Gasteiger partial charge < -0.3 is 89.9 Å². The fraction of sp³-hybridized carbons (Fsp3) is 0.800. The van der Waals surface area contributed by atoms with Crippen LogP contribution in [0.25, 0.3) is 0 Å². The third-order valence-electron chi connectivity index (χ3n) is 15.8. The number of aliphatic hydroxyl groups is 11. The number of unbranched alkanes of at least 4 members (excludes halogenated alkanes) is 19. The fourth-order valence-corrected chi connectivity index (χ4v) is 10.6. The van der Waals surface area contributed by atoms with E-state index in [0.717, 1.165) is 96.3 Å². The first-order valence-electron chi connectivity index (χ1n) is 32.2. The molecule has 12 N–H and O–H groups in total. The van der Waals surface area contributed by atoms with Crippen molar-refractivity contribution < 1.29 is 89.4 Å². The van der Waals surface area contributed by atoms with Crippen molar-refractivity contribution in [3.63, 3.8) is 0 Å². The molecule has 0 aliphatic carbocycles. The van der Waals surface area contributed by atoms with E-state index in [0.29, 0.717) is 12.8 Å². The number of hydrogen-bond acceptors (Lipinski definition) is 18. The van der Waals surface area contributed by atoms with Gasteiger partial charge in [0.05, 0.1) is 38.6 Å². The highest BCUT2D eigenvalue weighted by Crippen LogP contribution is 2.33. The van der Waals surface area contributed by atoms with Crippen LogP contribution in [0.15, 0.2) is 72.9 Å². The summed E-state index contributed by atoms with van der Waals surface area (Å²) in [6, 6.07) is -0.895. The molecule has 84 heavy (non-hydrogen) atoms. The van der Waals surface area contributed by atoms with Crippen molar-refractivity contribution in [2.24, 2.45) is 0 Å². The van der Waals surface area contributed by atoms with Crippen LogP contribution in [-0.4, -0.2) is 193 Å². The molecule has 17 unspecified atom stereocenters. The lowest BCUT2D eigenvalue weighted by molar-refractivity contribution is -0.379. The van der Waals surface area contributed by atoms with Gasteiger partial charge in [-0.05, 0) is 64.2 Å². The van der Waals surface area contributed by atoms with Gasteiger partial charge in [0.15, 0.2) is 18.9 Å². The molecule has 19 nitrogen and oxygen atoms in total. The third kappa shape index (κ3) is 30.0. The molecule has 1 amide bonds. The van der Waals surface area contributed by atoms with Crippen LogP contribution >= 0.6 is 0 Å². The summed E-state index contributed by atoms with van der Waals surface area (Å²) in [5, 5.41) is 120. The van der Waals surface area contributed by atoms with Gasteiger partial charge in [-0.15, -0.1) is 0 Å². The van der Waals surface area contributed by atoms with E-state index in [2.05, 4.69) is 92.1 Å². The molecule has 3 aliphatic heterocycles.